The minimum absolute atomic E-state index is 0.136. The van der Waals surface area contributed by atoms with E-state index in [1.165, 1.54) is 0 Å². The second-order valence-corrected chi connectivity index (χ2v) is 5.12. The molecule has 1 unspecified atom stereocenters. The van der Waals surface area contributed by atoms with Gasteiger partial charge in [0, 0.05) is 11.5 Å². The van der Waals surface area contributed by atoms with Gasteiger partial charge in [0.05, 0.1) is 18.2 Å². The van der Waals surface area contributed by atoms with Gasteiger partial charge in [0.1, 0.15) is 0 Å². The highest BCUT2D eigenvalue weighted by Crippen LogP contribution is 2.41. The van der Waals surface area contributed by atoms with Crippen LogP contribution in [0.4, 0.5) is 0 Å². The lowest BCUT2D eigenvalue weighted by molar-refractivity contribution is -0.138. The fraction of sp³-hybridized carbons (Fsp3) is 0.158. The van der Waals surface area contributed by atoms with Crippen molar-refractivity contribution in [2.24, 2.45) is 0 Å². The van der Waals surface area contributed by atoms with Crippen molar-refractivity contribution in [3.63, 3.8) is 0 Å². The van der Waals surface area contributed by atoms with E-state index in [0.29, 0.717) is 17.7 Å². The highest BCUT2D eigenvalue weighted by Gasteiger charge is 2.31. The Labute approximate surface area is 129 Å². The number of esters is 1. The molecule has 2 aromatic rings. The number of ether oxygens (including phenoxy) is 1. The molecule has 1 atom stereocenters. The molecule has 0 bridgehead atoms. The van der Waals surface area contributed by atoms with Gasteiger partial charge in [-0.25, -0.2) is 4.79 Å². The Morgan fingerprint density at radius 3 is 2.68 bits per heavy atom. The van der Waals surface area contributed by atoms with Crippen LogP contribution in [0, 0.1) is 11.3 Å². The van der Waals surface area contributed by atoms with E-state index in [-0.39, 0.29) is 11.9 Å². The van der Waals surface area contributed by atoms with Gasteiger partial charge in [-0.3, -0.25) is 0 Å². The number of carbonyl (C=O) groups excluding carboxylic acids is 1. The number of nitrogens with zero attached hydrogens (tertiary/aromatic N) is 1. The molecule has 1 aliphatic rings. The van der Waals surface area contributed by atoms with Gasteiger partial charge in [0.25, 0.3) is 0 Å². The van der Waals surface area contributed by atoms with Gasteiger partial charge in [-0.15, -0.1) is 0 Å². The van der Waals surface area contributed by atoms with Crippen LogP contribution in [-0.4, -0.2) is 12.6 Å². The van der Waals surface area contributed by atoms with Crippen LogP contribution in [0.1, 0.15) is 35.1 Å². The van der Waals surface area contributed by atoms with Gasteiger partial charge in [-0.2, -0.15) is 5.26 Å². The first kappa shape index (κ1) is 14.1. The Kier molecular flexibility index (Phi) is 3.76. The highest BCUT2D eigenvalue weighted by atomic mass is 16.5. The van der Waals surface area contributed by atoms with Crippen LogP contribution in [-0.2, 0) is 9.53 Å². The van der Waals surface area contributed by atoms with E-state index < -0.39 is 0 Å². The summed E-state index contributed by atoms with van der Waals surface area (Å²) in [6.07, 6.45) is 1.84. The second kappa shape index (κ2) is 5.87. The van der Waals surface area contributed by atoms with E-state index in [1.807, 2.05) is 48.5 Å². The number of hydrogen-bond acceptors (Lipinski definition) is 3. The third-order valence-electron chi connectivity index (χ3n) is 3.79. The second-order valence-electron chi connectivity index (χ2n) is 5.12. The van der Waals surface area contributed by atoms with Gasteiger partial charge in [-0.1, -0.05) is 36.4 Å². The topological polar surface area (TPSA) is 50.1 Å². The van der Waals surface area contributed by atoms with Crippen molar-refractivity contribution in [3.8, 4) is 6.07 Å². The number of benzene rings is 2. The summed E-state index contributed by atoms with van der Waals surface area (Å²) in [6.45, 7) is 2.14. The standard InChI is InChI=1S/C19H15NO2/c1-2-22-19(21)17-11-15-10-13(12-20)8-9-16(15)18(17)14-6-4-3-5-7-14/h3-11,18H,2H2,1H3. The Hall–Kier alpha value is -2.86. The normalized spacial score (nSPS) is 15.6. The van der Waals surface area contributed by atoms with Crippen molar-refractivity contribution in [3.05, 3.63) is 76.4 Å². The lowest BCUT2D eigenvalue weighted by atomic mass is 9.88. The van der Waals surface area contributed by atoms with Gasteiger partial charge in [0.15, 0.2) is 0 Å². The maximum atomic E-state index is 12.3. The Bertz CT molecular complexity index is 785. The zero-order valence-corrected chi connectivity index (χ0v) is 12.2. The average Bonchev–Trinajstić information content (AvgIpc) is 2.94. The third-order valence-corrected chi connectivity index (χ3v) is 3.79. The monoisotopic (exact) mass is 289 g/mol. The Balaban J connectivity index is 2.12. The van der Waals surface area contributed by atoms with Crippen molar-refractivity contribution in [1.29, 1.82) is 5.26 Å². The molecule has 0 heterocycles. The first-order valence-electron chi connectivity index (χ1n) is 7.22. The molecule has 2 aromatic carbocycles. The molecule has 3 rings (SSSR count). The smallest absolute Gasteiger partial charge is 0.334 e. The van der Waals surface area contributed by atoms with Gasteiger partial charge in [-0.05, 0) is 41.8 Å². The van der Waals surface area contributed by atoms with Gasteiger partial charge in [0.2, 0.25) is 0 Å². The fourth-order valence-electron chi connectivity index (χ4n) is 2.85. The molecule has 0 amide bonds. The fourth-order valence-corrected chi connectivity index (χ4v) is 2.85. The van der Waals surface area contributed by atoms with E-state index in [1.54, 1.807) is 13.0 Å². The predicted molar refractivity (Wildman–Crippen MR) is 84.1 cm³/mol. The molecule has 0 saturated carbocycles. The molecule has 0 spiro atoms. The molecule has 0 aliphatic heterocycles. The molecule has 0 radical (unpaired) electrons. The van der Waals surface area contributed by atoms with Crippen LogP contribution in [0.15, 0.2) is 54.1 Å². The van der Waals surface area contributed by atoms with E-state index in [4.69, 9.17) is 10.00 Å². The van der Waals surface area contributed by atoms with E-state index >= 15 is 0 Å². The lowest BCUT2D eigenvalue weighted by Gasteiger charge is -2.16. The lowest BCUT2D eigenvalue weighted by Crippen LogP contribution is -2.13. The average molecular weight is 289 g/mol. The van der Waals surface area contributed by atoms with Crippen molar-refractivity contribution in [2.45, 2.75) is 12.8 Å². The molecule has 22 heavy (non-hydrogen) atoms. The molecular weight excluding hydrogens is 274 g/mol. The summed E-state index contributed by atoms with van der Waals surface area (Å²) >= 11 is 0. The zero-order chi connectivity index (χ0) is 15.5. The van der Waals surface area contributed by atoms with Crippen LogP contribution < -0.4 is 0 Å². The molecular formula is C19H15NO2. The Morgan fingerprint density at radius 2 is 2.00 bits per heavy atom. The third kappa shape index (κ3) is 2.40. The van der Waals surface area contributed by atoms with Crippen molar-refractivity contribution >= 4 is 12.0 Å². The van der Waals surface area contributed by atoms with Crippen LogP contribution in [0.2, 0.25) is 0 Å². The highest BCUT2D eigenvalue weighted by molar-refractivity contribution is 5.99. The molecule has 1 aliphatic carbocycles. The van der Waals surface area contributed by atoms with Gasteiger partial charge < -0.3 is 4.74 Å². The summed E-state index contributed by atoms with van der Waals surface area (Å²) in [4.78, 5) is 12.3. The largest absolute Gasteiger partial charge is 0.463 e. The Morgan fingerprint density at radius 1 is 1.23 bits per heavy atom. The summed E-state index contributed by atoms with van der Waals surface area (Å²) in [5.74, 6) is -0.436. The minimum atomic E-state index is -0.300. The van der Waals surface area contributed by atoms with E-state index in [0.717, 1.165) is 16.7 Å². The predicted octanol–water partition coefficient (Wildman–Crippen LogP) is 3.65. The van der Waals surface area contributed by atoms with E-state index in [2.05, 4.69) is 6.07 Å². The maximum Gasteiger partial charge on any atom is 0.334 e. The van der Waals surface area contributed by atoms with Crippen LogP contribution >= 0.6 is 0 Å². The number of carbonyl (C=O) groups is 1. The zero-order valence-electron chi connectivity index (χ0n) is 12.2. The molecule has 0 N–H and O–H groups in total. The molecule has 0 saturated heterocycles. The number of hydrogen-bond donors (Lipinski definition) is 0. The minimum Gasteiger partial charge on any atom is -0.463 e. The molecule has 0 aromatic heterocycles. The van der Waals surface area contributed by atoms with Crippen LogP contribution in [0.25, 0.3) is 6.08 Å². The van der Waals surface area contributed by atoms with Crippen LogP contribution in [0.3, 0.4) is 0 Å². The first-order chi connectivity index (χ1) is 10.7. The number of rotatable bonds is 3. The van der Waals surface area contributed by atoms with Crippen molar-refractivity contribution < 1.29 is 9.53 Å². The molecule has 108 valence electrons. The molecule has 3 nitrogen and oxygen atoms in total. The first-order valence-corrected chi connectivity index (χ1v) is 7.22. The van der Waals surface area contributed by atoms with Crippen molar-refractivity contribution in [2.75, 3.05) is 6.61 Å². The van der Waals surface area contributed by atoms with Gasteiger partial charge >= 0.3 is 5.97 Å². The summed E-state index contributed by atoms with van der Waals surface area (Å²) in [7, 11) is 0. The SMILES string of the molecule is CCOC(=O)C1=Cc2cc(C#N)ccc2C1c1ccccc1. The van der Waals surface area contributed by atoms with Crippen LogP contribution in [0.5, 0.6) is 0 Å². The van der Waals surface area contributed by atoms with E-state index in [9.17, 15) is 4.79 Å². The van der Waals surface area contributed by atoms with Crippen molar-refractivity contribution in [1.82, 2.24) is 0 Å². The number of nitriles is 1. The summed E-state index contributed by atoms with van der Waals surface area (Å²) in [5.41, 5.74) is 4.21. The maximum absolute atomic E-state index is 12.3. The molecule has 0 fully saturated rings. The summed E-state index contributed by atoms with van der Waals surface area (Å²) < 4.78 is 5.19. The number of fused-ring (bicyclic) bond motifs is 1. The molecule has 3 heteroatoms. The summed E-state index contributed by atoms with van der Waals surface area (Å²) in [6, 6.07) is 17.5. The quantitative estimate of drug-likeness (QED) is 0.810. The summed E-state index contributed by atoms with van der Waals surface area (Å²) in [5, 5.41) is 9.05.